The second-order valence-electron chi connectivity index (χ2n) is 4.10. The van der Waals surface area contributed by atoms with Crippen molar-refractivity contribution in [1.82, 2.24) is 0 Å². The number of hydrogen-bond acceptors (Lipinski definition) is 3. The highest BCUT2D eigenvalue weighted by Crippen LogP contribution is 2.31. The van der Waals surface area contributed by atoms with Gasteiger partial charge >= 0.3 is 0 Å². The van der Waals surface area contributed by atoms with E-state index >= 15 is 0 Å². The summed E-state index contributed by atoms with van der Waals surface area (Å²) in [5.74, 6) is 1.01. The fraction of sp³-hybridized carbons (Fsp3) is 0.133. The first-order valence-corrected chi connectivity index (χ1v) is 6.13. The highest BCUT2D eigenvalue weighted by atomic mass is 35.5. The maximum absolute atomic E-state index is 9.71. The third-order valence-corrected chi connectivity index (χ3v) is 2.85. The van der Waals surface area contributed by atoms with E-state index in [4.69, 9.17) is 21.6 Å². The molecule has 0 radical (unpaired) electrons. The third kappa shape index (κ3) is 3.25. The topological polar surface area (TPSA) is 53.2 Å². The summed E-state index contributed by atoms with van der Waals surface area (Å²) in [5, 5.41) is 19.2. The molecule has 1 N–H and O–H groups in total. The number of nitriles is 1. The Morgan fingerprint density at radius 1 is 1.26 bits per heavy atom. The van der Waals surface area contributed by atoms with Crippen molar-refractivity contribution in [1.29, 1.82) is 5.26 Å². The van der Waals surface area contributed by atoms with E-state index in [0.29, 0.717) is 27.6 Å². The molecule has 0 saturated heterocycles. The van der Waals surface area contributed by atoms with Crippen LogP contribution in [0.5, 0.6) is 11.5 Å². The van der Waals surface area contributed by atoms with E-state index in [9.17, 15) is 5.11 Å². The molecular weight excluding hydrogens is 262 g/mol. The van der Waals surface area contributed by atoms with Crippen LogP contribution in [0.1, 0.15) is 24.2 Å². The summed E-state index contributed by atoms with van der Waals surface area (Å²) in [6.07, 6.45) is -0.679. The molecule has 1 atom stereocenters. The molecule has 0 aliphatic heterocycles. The lowest BCUT2D eigenvalue weighted by molar-refractivity contribution is 0.195. The summed E-state index contributed by atoms with van der Waals surface area (Å²) in [6.45, 7) is 1.65. The maximum atomic E-state index is 9.71. The Labute approximate surface area is 116 Å². The van der Waals surface area contributed by atoms with E-state index in [1.165, 1.54) is 0 Å². The lowest BCUT2D eigenvalue weighted by Crippen LogP contribution is -1.97. The minimum Gasteiger partial charge on any atom is -0.457 e. The van der Waals surface area contributed by atoms with E-state index in [2.05, 4.69) is 0 Å². The van der Waals surface area contributed by atoms with Crippen molar-refractivity contribution < 1.29 is 9.84 Å². The average molecular weight is 274 g/mol. The van der Waals surface area contributed by atoms with Gasteiger partial charge in [-0.1, -0.05) is 23.7 Å². The third-order valence-electron chi connectivity index (χ3n) is 2.62. The van der Waals surface area contributed by atoms with Crippen molar-refractivity contribution in [2.24, 2.45) is 0 Å². The Bertz CT molecular complexity index is 632. The Hall–Kier alpha value is -2.02. The molecule has 0 aliphatic rings. The predicted molar refractivity (Wildman–Crippen MR) is 73.3 cm³/mol. The summed E-state index contributed by atoms with van der Waals surface area (Å²) in [5.41, 5.74) is 1.10. The summed E-state index contributed by atoms with van der Waals surface area (Å²) >= 11 is 5.89. The van der Waals surface area contributed by atoms with Crippen molar-refractivity contribution >= 4 is 11.6 Å². The Morgan fingerprint density at radius 2 is 2.05 bits per heavy atom. The van der Waals surface area contributed by atoms with Gasteiger partial charge in [0, 0.05) is 10.6 Å². The number of halogens is 1. The van der Waals surface area contributed by atoms with Crippen LogP contribution in [0.25, 0.3) is 0 Å². The van der Waals surface area contributed by atoms with Gasteiger partial charge in [-0.3, -0.25) is 0 Å². The Balaban J connectivity index is 2.40. The molecule has 19 heavy (non-hydrogen) atoms. The van der Waals surface area contributed by atoms with Crippen LogP contribution in [-0.4, -0.2) is 5.11 Å². The molecule has 0 bridgehead atoms. The molecule has 0 fully saturated rings. The van der Waals surface area contributed by atoms with Gasteiger partial charge in [-0.2, -0.15) is 5.26 Å². The molecule has 2 rings (SSSR count). The fourth-order valence-electron chi connectivity index (χ4n) is 1.69. The highest BCUT2D eigenvalue weighted by Gasteiger charge is 2.11. The quantitative estimate of drug-likeness (QED) is 0.917. The number of ether oxygens (including phenoxy) is 1. The van der Waals surface area contributed by atoms with Crippen LogP contribution in [0.4, 0.5) is 0 Å². The molecule has 2 aromatic rings. The molecular formula is C15H12ClNO2. The molecule has 2 aromatic carbocycles. The molecule has 0 spiro atoms. The Morgan fingerprint density at radius 3 is 2.68 bits per heavy atom. The minimum atomic E-state index is -0.679. The normalized spacial score (nSPS) is 11.7. The van der Waals surface area contributed by atoms with Crippen LogP contribution >= 0.6 is 11.6 Å². The smallest absolute Gasteiger partial charge is 0.134 e. The largest absolute Gasteiger partial charge is 0.457 e. The van der Waals surface area contributed by atoms with E-state index in [1.54, 1.807) is 49.4 Å². The number of nitrogens with zero attached hydrogens (tertiary/aromatic N) is 1. The molecule has 0 heterocycles. The number of hydrogen-bond donors (Lipinski definition) is 1. The highest BCUT2D eigenvalue weighted by molar-refractivity contribution is 6.30. The first kappa shape index (κ1) is 13.4. The number of aliphatic hydroxyl groups is 1. The monoisotopic (exact) mass is 273 g/mol. The zero-order chi connectivity index (χ0) is 13.8. The molecule has 4 heteroatoms. The molecule has 0 aliphatic carbocycles. The molecule has 0 amide bonds. The van der Waals surface area contributed by atoms with Crippen molar-refractivity contribution in [3.8, 4) is 17.6 Å². The van der Waals surface area contributed by atoms with E-state index < -0.39 is 6.10 Å². The van der Waals surface area contributed by atoms with Gasteiger partial charge in [0.15, 0.2) is 0 Å². The second kappa shape index (κ2) is 5.75. The molecule has 0 saturated carbocycles. The number of benzene rings is 2. The van der Waals surface area contributed by atoms with Crippen LogP contribution in [0.15, 0.2) is 42.5 Å². The Kier molecular flexibility index (Phi) is 4.06. The van der Waals surface area contributed by atoms with Crippen molar-refractivity contribution in [3.63, 3.8) is 0 Å². The zero-order valence-corrected chi connectivity index (χ0v) is 11.1. The van der Waals surface area contributed by atoms with Gasteiger partial charge in [-0.25, -0.2) is 0 Å². The molecule has 0 aromatic heterocycles. The van der Waals surface area contributed by atoms with Gasteiger partial charge in [0.2, 0.25) is 0 Å². The summed E-state index contributed by atoms with van der Waals surface area (Å²) in [4.78, 5) is 0. The van der Waals surface area contributed by atoms with Crippen molar-refractivity contribution in [2.75, 3.05) is 0 Å². The molecule has 0 unspecified atom stereocenters. The van der Waals surface area contributed by atoms with Crippen LogP contribution in [0.2, 0.25) is 5.02 Å². The summed E-state index contributed by atoms with van der Waals surface area (Å²) in [7, 11) is 0. The van der Waals surface area contributed by atoms with Gasteiger partial charge in [-0.15, -0.1) is 0 Å². The SMILES string of the molecule is C[C@@H](O)c1ccc(C#N)cc1Oc1cccc(Cl)c1. The lowest BCUT2D eigenvalue weighted by atomic mass is 10.1. The first-order chi connectivity index (χ1) is 9.10. The van der Waals surface area contributed by atoms with Crippen LogP contribution < -0.4 is 4.74 Å². The first-order valence-electron chi connectivity index (χ1n) is 5.75. The zero-order valence-electron chi connectivity index (χ0n) is 10.3. The van der Waals surface area contributed by atoms with Crippen molar-refractivity contribution in [3.05, 3.63) is 58.6 Å². The average Bonchev–Trinajstić information content (AvgIpc) is 2.38. The van der Waals surface area contributed by atoms with Crippen LogP contribution in [-0.2, 0) is 0 Å². The van der Waals surface area contributed by atoms with E-state index in [-0.39, 0.29) is 0 Å². The maximum Gasteiger partial charge on any atom is 0.134 e. The minimum absolute atomic E-state index is 0.455. The summed E-state index contributed by atoms with van der Waals surface area (Å²) in [6, 6.07) is 13.9. The molecule has 3 nitrogen and oxygen atoms in total. The van der Waals surface area contributed by atoms with Crippen molar-refractivity contribution in [2.45, 2.75) is 13.0 Å². The predicted octanol–water partition coefficient (Wildman–Crippen LogP) is 4.06. The number of rotatable bonds is 3. The van der Waals surface area contributed by atoms with Gasteiger partial charge in [0.25, 0.3) is 0 Å². The van der Waals surface area contributed by atoms with Gasteiger partial charge in [0.1, 0.15) is 11.5 Å². The van der Waals surface area contributed by atoms with E-state index in [0.717, 1.165) is 0 Å². The lowest BCUT2D eigenvalue weighted by Gasteiger charge is -2.13. The standard InChI is InChI=1S/C15H12ClNO2/c1-10(18)14-6-5-11(9-17)7-15(14)19-13-4-2-3-12(16)8-13/h2-8,10,18H,1H3/t10-/m1/s1. The second-order valence-corrected chi connectivity index (χ2v) is 4.54. The van der Waals surface area contributed by atoms with Crippen LogP contribution in [0.3, 0.4) is 0 Å². The van der Waals surface area contributed by atoms with Gasteiger partial charge < -0.3 is 9.84 Å². The molecule has 96 valence electrons. The fourth-order valence-corrected chi connectivity index (χ4v) is 1.88. The van der Waals surface area contributed by atoms with Crippen LogP contribution in [0, 0.1) is 11.3 Å². The van der Waals surface area contributed by atoms with Gasteiger partial charge in [0.05, 0.1) is 17.7 Å². The van der Waals surface area contributed by atoms with Gasteiger partial charge in [-0.05, 0) is 37.3 Å². The van der Waals surface area contributed by atoms with E-state index in [1.807, 2.05) is 6.07 Å². The summed E-state index contributed by atoms with van der Waals surface area (Å²) < 4.78 is 5.70. The number of aliphatic hydroxyl groups excluding tert-OH is 1.